The summed E-state index contributed by atoms with van der Waals surface area (Å²) in [4.78, 5) is 24.5. The largest absolute Gasteiger partial charge is 0.489 e. The molecule has 0 unspecified atom stereocenters. The first-order valence-corrected chi connectivity index (χ1v) is 8.53. The number of carboxylic acid groups (broad SMARTS) is 1. The molecule has 1 N–H and O–H groups in total. The van der Waals surface area contributed by atoms with Gasteiger partial charge in [-0.25, -0.2) is 0 Å². The van der Waals surface area contributed by atoms with Crippen molar-refractivity contribution in [1.82, 2.24) is 10.1 Å². The second-order valence-corrected chi connectivity index (χ2v) is 6.03. The van der Waals surface area contributed by atoms with Crippen molar-refractivity contribution in [3.05, 3.63) is 46.8 Å². The number of aromatic nitrogens is 1. The van der Waals surface area contributed by atoms with E-state index in [1.807, 2.05) is 45.0 Å². The Morgan fingerprint density at radius 2 is 1.92 bits per heavy atom. The molecule has 0 fully saturated rings. The molecule has 7 nitrogen and oxygen atoms in total. The first-order valence-electron chi connectivity index (χ1n) is 8.53. The Labute approximate surface area is 152 Å². The molecule has 2 aromatic rings. The van der Waals surface area contributed by atoms with E-state index in [-0.39, 0.29) is 25.3 Å². The monoisotopic (exact) mass is 360 g/mol. The van der Waals surface area contributed by atoms with E-state index in [2.05, 4.69) is 5.16 Å². The molecule has 1 aromatic heterocycles. The van der Waals surface area contributed by atoms with Crippen molar-refractivity contribution < 1.29 is 24.0 Å². The minimum atomic E-state index is -0.906. The molecule has 0 atom stereocenters. The molecule has 1 aromatic carbocycles. The van der Waals surface area contributed by atoms with Gasteiger partial charge in [0.05, 0.1) is 24.1 Å². The lowest BCUT2D eigenvalue weighted by molar-refractivity contribution is -0.138. The number of carbonyl (C=O) groups is 2. The van der Waals surface area contributed by atoms with Crippen LogP contribution in [0.3, 0.4) is 0 Å². The molecule has 0 aliphatic carbocycles. The van der Waals surface area contributed by atoms with Gasteiger partial charge in [0.2, 0.25) is 5.91 Å². The molecule has 0 aliphatic heterocycles. The third kappa shape index (κ3) is 5.34. The Balaban J connectivity index is 1.90. The van der Waals surface area contributed by atoms with Gasteiger partial charge in [0.25, 0.3) is 0 Å². The Bertz CT molecular complexity index is 732. The highest BCUT2D eigenvalue weighted by Crippen LogP contribution is 2.18. The standard InChI is InChI=1S/C19H24N2O5/c1-4-21(10-9-19(23)24)18(22)11-15-5-7-16(8-6-15)25-12-17-13(2)20-26-14(17)3/h5-8H,4,9-12H2,1-3H3,(H,23,24). The number of rotatable bonds is 9. The number of hydrogen-bond acceptors (Lipinski definition) is 5. The number of carboxylic acids is 1. The van der Waals surface area contributed by atoms with Crippen molar-refractivity contribution in [1.29, 1.82) is 0 Å². The van der Waals surface area contributed by atoms with Gasteiger partial charge in [-0.3, -0.25) is 9.59 Å². The van der Waals surface area contributed by atoms with Gasteiger partial charge in [0.15, 0.2) is 0 Å². The Kier molecular flexibility index (Phi) is 6.77. The molecular weight excluding hydrogens is 336 g/mol. The number of likely N-dealkylation sites (N-methyl/N-ethyl adjacent to an activating group) is 1. The zero-order valence-corrected chi connectivity index (χ0v) is 15.3. The molecule has 0 bridgehead atoms. The quantitative estimate of drug-likeness (QED) is 0.739. The fourth-order valence-corrected chi connectivity index (χ4v) is 2.54. The van der Waals surface area contributed by atoms with Crippen LogP contribution in [-0.4, -0.2) is 40.1 Å². The first-order chi connectivity index (χ1) is 12.4. The van der Waals surface area contributed by atoms with Crippen LogP contribution in [-0.2, 0) is 22.6 Å². The minimum Gasteiger partial charge on any atom is -0.489 e. The second kappa shape index (κ2) is 9.03. The molecule has 0 spiro atoms. The number of nitrogens with zero attached hydrogens (tertiary/aromatic N) is 2. The van der Waals surface area contributed by atoms with Crippen LogP contribution in [0, 0.1) is 13.8 Å². The van der Waals surface area contributed by atoms with Gasteiger partial charge in [-0.2, -0.15) is 0 Å². The van der Waals surface area contributed by atoms with Crippen LogP contribution in [0.25, 0.3) is 0 Å². The van der Waals surface area contributed by atoms with Gasteiger partial charge in [0.1, 0.15) is 18.1 Å². The van der Waals surface area contributed by atoms with Crippen molar-refractivity contribution in [3.8, 4) is 5.75 Å². The van der Waals surface area contributed by atoms with Gasteiger partial charge in [-0.15, -0.1) is 0 Å². The van der Waals surface area contributed by atoms with Gasteiger partial charge in [-0.1, -0.05) is 17.3 Å². The maximum Gasteiger partial charge on any atom is 0.305 e. The summed E-state index contributed by atoms with van der Waals surface area (Å²) < 4.78 is 10.9. The molecule has 1 heterocycles. The zero-order chi connectivity index (χ0) is 19.1. The van der Waals surface area contributed by atoms with Crippen molar-refractivity contribution in [3.63, 3.8) is 0 Å². The van der Waals surface area contributed by atoms with E-state index in [1.165, 1.54) is 0 Å². The summed E-state index contributed by atoms with van der Waals surface area (Å²) in [5, 5.41) is 12.6. The molecule has 1 amide bonds. The van der Waals surface area contributed by atoms with Crippen molar-refractivity contribution in [2.24, 2.45) is 0 Å². The van der Waals surface area contributed by atoms with E-state index in [9.17, 15) is 9.59 Å². The van der Waals surface area contributed by atoms with E-state index in [0.717, 1.165) is 22.6 Å². The number of carbonyl (C=O) groups excluding carboxylic acids is 1. The number of aryl methyl sites for hydroxylation is 2. The van der Waals surface area contributed by atoms with Crippen LogP contribution >= 0.6 is 0 Å². The zero-order valence-electron chi connectivity index (χ0n) is 15.3. The lowest BCUT2D eigenvalue weighted by Gasteiger charge is -2.20. The van der Waals surface area contributed by atoms with E-state index in [4.69, 9.17) is 14.4 Å². The highest BCUT2D eigenvalue weighted by Gasteiger charge is 2.14. The molecule has 2 rings (SSSR count). The third-order valence-corrected chi connectivity index (χ3v) is 4.17. The predicted molar refractivity (Wildman–Crippen MR) is 95.0 cm³/mol. The topological polar surface area (TPSA) is 92.9 Å². The molecule has 0 saturated carbocycles. The lowest BCUT2D eigenvalue weighted by Crippen LogP contribution is -2.33. The van der Waals surface area contributed by atoms with E-state index >= 15 is 0 Å². The van der Waals surface area contributed by atoms with Crippen LogP contribution < -0.4 is 4.74 Å². The summed E-state index contributed by atoms with van der Waals surface area (Å²) in [6.45, 7) is 6.64. The first kappa shape index (κ1) is 19.5. The maximum absolute atomic E-state index is 12.3. The molecule has 0 radical (unpaired) electrons. The SMILES string of the molecule is CCN(CCC(=O)O)C(=O)Cc1ccc(OCc2c(C)noc2C)cc1. The molecule has 26 heavy (non-hydrogen) atoms. The Hall–Kier alpha value is -2.83. The predicted octanol–water partition coefficient (Wildman–Crippen LogP) is 2.74. The average molecular weight is 360 g/mol. The van der Waals surface area contributed by atoms with Gasteiger partial charge in [0, 0.05) is 13.1 Å². The average Bonchev–Trinajstić information content (AvgIpc) is 2.93. The number of hydrogen-bond donors (Lipinski definition) is 1. The number of benzene rings is 1. The summed E-state index contributed by atoms with van der Waals surface area (Å²) in [7, 11) is 0. The minimum absolute atomic E-state index is 0.0476. The van der Waals surface area contributed by atoms with Gasteiger partial charge < -0.3 is 19.3 Å². The summed E-state index contributed by atoms with van der Waals surface area (Å²) in [6.07, 6.45) is 0.186. The highest BCUT2D eigenvalue weighted by molar-refractivity contribution is 5.79. The fraction of sp³-hybridized carbons (Fsp3) is 0.421. The van der Waals surface area contributed by atoms with Crippen molar-refractivity contribution >= 4 is 11.9 Å². The molecule has 0 aliphatic rings. The van der Waals surface area contributed by atoms with Crippen LogP contribution in [0.4, 0.5) is 0 Å². The summed E-state index contributed by atoms with van der Waals surface area (Å²) in [5.41, 5.74) is 2.60. The summed E-state index contributed by atoms with van der Waals surface area (Å²) in [6, 6.07) is 7.31. The summed E-state index contributed by atoms with van der Waals surface area (Å²) >= 11 is 0. The molecule has 7 heteroatoms. The lowest BCUT2D eigenvalue weighted by atomic mass is 10.1. The number of aliphatic carboxylic acids is 1. The normalized spacial score (nSPS) is 10.6. The Morgan fingerprint density at radius 1 is 1.23 bits per heavy atom. The highest BCUT2D eigenvalue weighted by atomic mass is 16.5. The molecule has 0 saturated heterocycles. The van der Waals surface area contributed by atoms with Gasteiger partial charge >= 0.3 is 5.97 Å². The summed E-state index contributed by atoms with van der Waals surface area (Å²) in [5.74, 6) is 0.444. The second-order valence-electron chi connectivity index (χ2n) is 6.03. The number of ether oxygens (including phenoxy) is 1. The van der Waals surface area contributed by atoms with Crippen LogP contribution in [0.5, 0.6) is 5.75 Å². The van der Waals surface area contributed by atoms with Crippen LogP contribution in [0.15, 0.2) is 28.8 Å². The van der Waals surface area contributed by atoms with Gasteiger partial charge in [-0.05, 0) is 38.5 Å². The molecule has 140 valence electrons. The van der Waals surface area contributed by atoms with Crippen molar-refractivity contribution in [2.75, 3.05) is 13.1 Å². The third-order valence-electron chi connectivity index (χ3n) is 4.17. The fourth-order valence-electron chi connectivity index (χ4n) is 2.54. The van der Waals surface area contributed by atoms with E-state index in [0.29, 0.717) is 18.9 Å². The van der Waals surface area contributed by atoms with Crippen molar-refractivity contribution in [2.45, 2.75) is 40.2 Å². The van der Waals surface area contributed by atoms with Crippen LogP contribution in [0.2, 0.25) is 0 Å². The van der Waals surface area contributed by atoms with Crippen LogP contribution in [0.1, 0.15) is 35.9 Å². The molecular formula is C19H24N2O5. The smallest absolute Gasteiger partial charge is 0.305 e. The van der Waals surface area contributed by atoms with E-state index in [1.54, 1.807) is 4.90 Å². The Morgan fingerprint density at radius 3 is 2.46 bits per heavy atom. The maximum atomic E-state index is 12.3. The number of amides is 1. The van der Waals surface area contributed by atoms with E-state index < -0.39 is 5.97 Å².